The first-order valence-corrected chi connectivity index (χ1v) is 11.5. The summed E-state index contributed by atoms with van der Waals surface area (Å²) in [5.74, 6) is -0.344. The van der Waals surface area contributed by atoms with Gasteiger partial charge in [0, 0.05) is 29.6 Å². The summed E-state index contributed by atoms with van der Waals surface area (Å²) in [6.45, 7) is 21.1. The number of hydrogen-bond acceptors (Lipinski definition) is 4. The molecule has 0 bridgehead atoms. The van der Waals surface area contributed by atoms with Crippen LogP contribution in [0.4, 0.5) is 9.18 Å². The molecule has 0 N–H and O–H groups in total. The van der Waals surface area contributed by atoms with Gasteiger partial charge in [0.05, 0.1) is 4.75 Å². The molecule has 2 aliphatic rings. The zero-order valence-corrected chi connectivity index (χ0v) is 20.1. The number of likely N-dealkylation sites (N-methyl/N-ethyl adjacent to an activating group) is 1. The molecule has 6 heteroatoms. The van der Waals surface area contributed by atoms with Gasteiger partial charge in [0.1, 0.15) is 11.4 Å². The molecule has 1 heterocycles. The maximum Gasteiger partial charge on any atom is 0.410 e. The van der Waals surface area contributed by atoms with Crippen molar-refractivity contribution in [3.05, 3.63) is 48.2 Å². The smallest absolute Gasteiger partial charge is 0.410 e. The van der Waals surface area contributed by atoms with E-state index in [-0.39, 0.29) is 34.8 Å². The fourth-order valence-electron chi connectivity index (χ4n) is 4.48. The Hall–Kier alpha value is -1.53. The number of hydrogen-bond donors (Lipinski definition) is 0. The summed E-state index contributed by atoms with van der Waals surface area (Å²) in [5.41, 5.74) is -0.507. The van der Waals surface area contributed by atoms with Crippen LogP contribution in [0.3, 0.4) is 0 Å². The summed E-state index contributed by atoms with van der Waals surface area (Å²) in [4.78, 5) is 17.4. The monoisotopic (exact) mass is 436 g/mol. The molecule has 0 radical (unpaired) electrons. The highest BCUT2D eigenvalue weighted by atomic mass is 32.2. The first-order chi connectivity index (χ1) is 13.9. The highest BCUT2D eigenvalue weighted by molar-refractivity contribution is 8.04. The molecule has 0 aromatic rings. The topological polar surface area (TPSA) is 32.8 Å². The Labute approximate surface area is 185 Å². The number of halogens is 1. The Morgan fingerprint density at radius 2 is 2.13 bits per heavy atom. The number of amides is 1. The number of carbonyl (C=O) groups is 1. The Balaban J connectivity index is 2.16. The molecule has 2 rings (SSSR count). The van der Waals surface area contributed by atoms with Crippen molar-refractivity contribution >= 4 is 17.9 Å². The van der Waals surface area contributed by atoms with Crippen LogP contribution in [0.2, 0.25) is 0 Å². The number of rotatable bonds is 7. The maximum atomic E-state index is 14.2. The quantitative estimate of drug-likeness (QED) is 0.358. The molecule has 1 amide bonds. The molecule has 3 unspecified atom stereocenters. The second-order valence-electron chi connectivity index (χ2n) is 9.21. The molecule has 0 aromatic heterocycles. The average molecular weight is 437 g/mol. The lowest BCUT2D eigenvalue weighted by atomic mass is 9.98. The third kappa shape index (κ3) is 5.58. The molecular weight excluding hydrogens is 399 g/mol. The van der Waals surface area contributed by atoms with Crippen LogP contribution in [0, 0.1) is 0 Å². The van der Waals surface area contributed by atoms with Crippen LogP contribution < -0.4 is 0 Å². The van der Waals surface area contributed by atoms with Crippen molar-refractivity contribution in [2.24, 2.45) is 0 Å². The van der Waals surface area contributed by atoms with Gasteiger partial charge in [-0.15, -0.1) is 11.8 Å². The number of likely N-dealkylation sites (tertiary alicyclic amines) is 1. The van der Waals surface area contributed by atoms with Crippen LogP contribution in [0.5, 0.6) is 0 Å². The van der Waals surface area contributed by atoms with Gasteiger partial charge in [0.15, 0.2) is 0 Å². The number of ether oxygens (including phenoxy) is 1. The standard InChI is InChI=1S/C24H37FN2O2S/c1-9-12-19(25)18(4)30-24(8)15-11-13-21(24)26(10-2)20-14-16-27(17(20)3)22(28)29-23(5,6)7/h9,11-12,15,17,20-21H,1,4,10,13-14,16H2,2-3,5-8H3/b19-12+/t17?,20?,21-,24?/m0/s1. The van der Waals surface area contributed by atoms with Crippen LogP contribution in [-0.4, -0.2) is 57.5 Å². The first-order valence-electron chi connectivity index (χ1n) is 10.7. The van der Waals surface area contributed by atoms with Gasteiger partial charge < -0.3 is 9.64 Å². The summed E-state index contributed by atoms with van der Waals surface area (Å²) in [7, 11) is 0. The van der Waals surface area contributed by atoms with E-state index >= 15 is 0 Å². The third-order valence-corrected chi connectivity index (χ3v) is 7.17. The van der Waals surface area contributed by atoms with Crippen molar-refractivity contribution in [1.29, 1.82) is 0 Å². The van der Waals surface area contributed by atoms with Crippen molar-refractivity contribution in [3.63, 3.8) is 0 Å². The molecule has 4 nitrogen and oxygen atoms in total. The van der Waals surface area contributed by atoms with E-state index in [0.29, 0.717) is 11.4 Å². The van der Waals surface area contributed by atoms with E-state index in [0.717, 1.165) is 19.4 Å². The first kappa shape index (κ1) is 24.7. The van der Waals surface area contributed by atoms with Crippen LogP contribution in [0.25, 0.3) is 0 Å². The third-order valence-electron chi connectivity index (χ3n) is 5.88. The highest BCUT2D eigenvalue weighted by Crippen LogP contribution is 2.46. The molecule has 1 aliphatic heterocycles. The van der Waals surface area contributed by atoms with E-state index in [4.69, 9.17) is 4.74 Å². The minimum absolute atomic E-state index is 0.0512. The van der Waals surface area contributed by atoms with Crippen molar-refractivity contribution in [2.45, 2.75) is 82.9 Å². The fraction of sp³-hybridized carbons (Fsp3) is 0.625. The van der Waals surface area contributed by atoms with Gasteiger partial charge in [-0.05, 0) is 60.1 Å². The van der Waals surface area contributed by atoms with E-state index in [1.165, 1.54) is 23.9 Å². The minimum atomic E-state index is -0.507. The molecule has 1 aliphatic carbocycles. The van der Waals surface area contributed by atoms with Gasteiger partial charge in [-0.3, -0.25) is 4.90 Å². The lowest BCUT2D eigenvalue weighted by Gasteiger charge is -2.43. The summed E-state index contributed by atoms with van der Waals surface area (Å²) in [5, 5.41) is 0. The summed E-state index contributed by atoms with van der Waals surface area (Å²) >= 11 is 1.47. The molecule has 1 fully saturated rings. The number of thioether (sulfide) groups is 1. The second-order valence-corrected chi connectivity index (χ2v) is 10.8. The molecule has 1 saturated heterocycles. The fourth-order valence-corrected chi connectivity index (χ4v) is 5.71. The van der Waals surface area contributed by atoms with Crippen molar-refractivity contribution in [1.82, 2.24) is 9.80 Å². The van der Waals surface area contributed by atoms with Crippen molar-refractivity contribution in [2.75, 3.05) is 13.1 Å². The lowest BCUT2D eigenvalue weighted by Crippen LogP contribution is -2.54. The number of nitrogens with zero attached hydrogens (tertiary/aromatic N) is 2. The summed E-state index contributed by atoms with van der Waals surface area (Å²) in [6.07, 6.45) is 8.68. The van der Waals surface area contributed by atoms with E-state index < -0.39 is 5.60 Å². The van der Waals surface area contributed by atoms with Gasteiger partial charge in [-0.1, -0.05) is 38.3 Å². The predicted molar refractivity (Wildman–Crippen MR) is 125 cm³/mol. The number of carbonyl (C=O) groups excluding carboxylic acids is 1. The van der Waals surface area contributed by atoms with Crippen molar-refractivity contribution in [3.8, 4) is 0 Å². The van der Waals surface area contributed by atoms with Crippen LogP contribution >= 0.6 is 11.8 Å². The molecule has 0 saturated carbocycles. The molecule has 30 heavy (non-hydrogen) atoms. The maximum absolute atomic E-state index is 14.2. The van der Waals surface area contributed by atoms with Gasteiger partial charge in [-0.2, -0.15) is 0 Å². The van der Waals surface area contributed by atoms with Gasteiger partial charge in [0.2, 0.25) is 0 Å². The average Bonchev–Trinajstić information content (AvgIpc) is 3.19. The molecule has 4 atom stereocenters. The van der Waals surface area contributed by atoms with Gasteiger partial charge >= 0.3 is 6.09 Å². The predicted octanol–water partition coefficient (Wildman–Crippen LogP) is 6.08. The highest BCUT2D eigenvalue weighted by Gasteiger charge is 2.46. The summed E-state index contributed by atoms with van der Waals surface area (Å²) in [6, 6.07) is 0.483. The molecule has 0 spiro atoms. The number of allylic oxidation sites excluding steroid dienone is 3. The Morgan fingerprint density at radius 3 is 2.70 bits per heavy atom. The second kappa shape index (κ2) is 9.73. The van der Waals surface area contributed by atoms with Crippen LogP contribution in [0.1, 0.15) is 54.4 Å². The molecular formula is C24H37FN2O2S. The minimum Gasteiger partial charge on any atom is -0.444 e. The zero-order chi connectivity index (χ0) is 22.7. The van der Waals surface area contributed by atoms with Crippen molar-refractivity contribution < 1.29 is 13.9 Å². The van der Waals surface area contributed by atoms with Crippen LogP contribution in [-0.2, 0) is 4.74 Å². The largest absolute Gasteiger partial charge is 0.444 e. The normalized spacial score (nSPS) is 29.5. The Morgan fingerprint density at radius 1 is 1.47 bits per heavy atom. The SMILES string of the molecule is C=C/C=C(/F)C(=C)SC1(C)C=CC[C@@H]1N(CC)C1CCN(C(=O)OC(C)(C)C)C1C. The lowest BCUT2D eigenvalue weighted by molar-refractivity contribution is 0.0184. The van der Waals surface area contributed by atoms with E-state index in [2.05, 4.69) is 51.0 Å². The Bertz CT molecular complexity index is 727. The van der Waals surface area contributed by atoms with E-state index in [9.17, 15) is 9.18 Å². The van der Waals surface area contributed by atoms with E-state index in [1.54, 1.807) is 0 Å². The van der Waals surface area contributed by atoms with E-state index in [1.807, 2.05) is 25.7 Å². The van der Waals surface area contributed by atoms with Crippen LogP contribution in [0.15, 0.2) is 48.2 Å². The summed E-state index contributed by atoms with van der Waals surface area (Å²) < 4.78 is 19.6. The molecule has 168 valence electrons. The molecule has 0 aromatic carbocycles. The van der Waals surface area contributed by atoms with Gasteiger partial charge in [-0.25, -0.2) is 9.18 Å². The van der Waals surface area contributed by atoms with Gasteiger partial charge in [0.25, 0.3) is 0 Å². The Kier molecular flexibility index (Phi) is 8.03. The zero-order valence-electron chi connectivity index (χ0n) is 19.3.